The Bertz CT molecular complexity index is 1510. The van der Waals surface area contributed by atoms with Crippen molar-refractivity contribution in [3.05, 3.63) is 144 Å². The molecule has 38 heavy (non-hydrogen) atoms. The van der Waals surface area contributed by atoms with E-state index >= 15 is 0 Å². The number of carbonyl (C=O) groups is 2. The molecule has 0 saturated carbocycles. The van der Waals surface area contributed by atoms with E-state index in [1.165, 1.54) is 10.5 Å². The van der Waals surface area contributed by atoms with E-state index in [-0.39, 0.29) is 23.8 Å². The van der Waals surface area contributed by atoms with Crippen molar-refractivity contribution in [1.82, 2.24) is 5.01 Å². The highest BCUT2D eigenvalue weighted by molar-refractivity contribution is 6.24. The first-order valence-corrected chi connectivity index (χ1v) is 13.1. The Morgan fingerprint density at radius 3 is 1.68 bits per heavy atom. The monoisotopic (exact) mass is 497 g/mol. The van der Waals surface area contributed by atoms with Crippen LogP contribution in [-0.4, -0.2) is 22.9 Å². The maximum absolute atomic E-state index is 14.3. The number of para-hydroxylation sites is 2. The second-order valence-electron chi connectivity index (χ2n) is 10.1. The highest BCUT2D eigenvalue weighted by Crippen LogP contribution is 2.52. The van der Waals surface area contributed by atoms with Gasteiger partial charge < -0.3 is 0 Å². The van der Waals surface area contributed by atoms with E-state index < -0.39 is 12.0 Å². The van der Waals surface area contributed by atoms with Gasteiger partial charge in [0.25, 0.3) is 5.91 Å². The highest BCUT2D eigenvalue weighted by Gasteiger charge is 2.59. The SMILES string of the molecule is O=C1C2C(c3ccccc3)C=C3CC(c4ccccc4)N(c4ccccc4)N3C2C(=O)N1c1ccccc1. The van der Waals surface area contributed by atoms with E-state index in [0.29, 0.717) is 5.69 Å². The Hall–Kier alpha value is -4.64. The number of hydrogen-bond donors (Lipinski definition) is 0. The second kappa shape index (κ2) is 9.03. The normalized spacial score (nSPS) is 24.3. The second-order valence-corrected chi connectivity index (χ2v) is 10.1. The van der Waals surface area contributed by atoms with Gasteiger partial charge in [-0.15, -0.1) is 0 Å². The summed E-state index contributed by atoms with van der Waals surface area (Å²) in [6.45, 7) is 0. The third-order valence-electron chi connectivity index (χ3n) is 7.97. The number of amides is 2. The van der Waals surface area contributed by atoms with Crippen LogP contribution in [-0.2, 0) is 9.59 Å². The molecule has 2 amide bonds. The zero-order valence-corrected chi connectivity index (χ0v) is 20.8. The molecule has 186 valence electrons. The summed E-state index contributed by atoms with van der Waals surface area (Å²) in [5, 5.41) is 4.36. The van der Waals surface area contributed by atoms with Gasteiger partial charge in [0.2, 0.25) is 5.91 Å². The predicted molar refractivity (Wildman–Crippen MR) is 148 cm³/mol. The van der Waals surface area contributed by atoms with E-state index in [1.54, 1.807) is 0 Å². The molecule has 3 heterocycles. The summed E-state index contributed by atoms with van der Waals surface area (Å²) in [4.78, 5) is 29.9. The van der Waals surface area contributed by atoms with Crippen LogP contribution >= 0.6 is 0 Å². The quantitative estimate of drug-likeness (QED) is 0.320. The minimum absolute atomic E-state index is 0.00806. The fourth-order valence-corrected chi connectivity index (χ4v) is 6.35. The molecule has 2 saturated heterocycles. The van der Waals surface area contributed by atoms with Crippen LogP contribution in [0, 0.1) is 5.92 Å². The Kier molecular flexibility index (Phi) is 5.36. The molecule has 4 atom stereocenters. The fourth-order valence-electron chi connectivity index (χ4n) is 6.35. The summed E-state index contributed by atoms with van der Waals surface area (Å²) in [6.07, 6.45) is 2.98. The molecule has 4 aromatic rings. The summed E-state index contributed by atoms with van der Waals surface area (Å²) < 4.78 is 0. The smallest absolute Gasteiger partial charge is 0.259 e. The van der Waals surface area contributed by atoms with Crippen LogP contribution < -0.4 is 9.91 Å². The Morgan fingerprint density at radius 1 is 0.553 bits per heavy atom. The minimum Gasteiger partial charge on any atom is -0.277 e. The van der Waals surface area contributed by atoms with Gasteiger partial charge in [0.1, 0.15) is 6.04 Å². The largest absolute Gasteiger partial charge is 0.277 e. The number of carbonyl (C=O) groups excluding carboxylic acids is 2. The lowest BCUT2D eigenvalue weighted by molar-refractivity contribution is -0.122. The summed E-state index contributed by atoms with van der Waals surface area (Å²) in [6, 6.07) is 39.4. The van der Waals surface area contributed by atoms with Crippen LogP contribution in [0.2, 0.25) is 0 Å². The van der Waals surface area contributed by atoms with Crippen LogP contribution in [0.25, 0.3) is 0 Å². The van der Waals surface area contributed by atoms with Crippen LogP contribution in [0.3, 0.4) is 0 Å². The van der Waals surface area contributed by atoms with Gasteiger partial charge in [-0.3, -0.25) is 19.6 Å². The molecular formula is C33H27N3O2. The number of allylic oxidation sites excluding steroid dienone is 1. The molecule has 5 heteroatoms. The van der Waals surface area contributed by atoms with E-state index in [4.69, 9.17) is 0 Å². The molecule has 3 aliphatic heterocycles. The first-order valence-electron chi connectivity index (χ1n) is 13.1. The van der Waals surface area contributed by atoms with Gasteiger partial charge in [-0.05, 0) is 35.4 Å². The molecule has 4 unspecified atom stereocenters. The van der Waals surface area contributed by atoms with Gasteiger partial charge in [-0.2, -0.15) is 0 Å². The molecule has 0 aliphatic carbocycles. The van der Waals surface area contributed by atoms with Gasteiger partial charge in [0.05, 0.1) is 23.3 Å². The van der Waals surface area contributed by atoms with Crippen LogP contribution in [0.5, 0.6) is 0 Å². The maximum atomic E-state index is 14.3. The van der Waals surface area contributed by atoms with Crippen molar-refractivity contribution < 1.29 is 9.59 Å². The van der Waals surface area contributed by atoms with Gasteiger partial charge in [-0.25, -0.2) is 4.90 Å². The molecule has 4 aromatic carbocycles. The molecule has 7 rings (SSSR count). The average Bonchev–Trinajstić information content (AvgIpc) is 3.49. The van der Waals surface area contributed by atoms with Gasteiger partial charge in [0, 0.05) is 18.0 Å². The standard InChI is InChI=1S/C33H27N3O2/c37-32-30-28(23-13-5-1-6-14-23)21-27-22-29(24-15-7-2-8-16-24)35(26-19-11-4-12-20-26)36(27)31(30)33(38)34(32)25-17-9-3-10-18-25/h1-21,28-31H,22H2. The maximum Gasteiger partial charge on any atom is 0.259 e. The number of imide groups is 1. The zero-order chi connectivity index (χ0) is 25.6. The van der Waals surface area contributed by atoms with Gasteiger partial charge in [-0.1, -0.05) is 103 Å². The first kappa shape index (κ1) is 22.5. The topological polar surface area (TPSA) is 43.9 Å². The van der Waals surface area contributed by atoms with Crippen molar-refractivity contribution >= 4 is 23.2 Å². The van der Waals surface area contributed by atoms with Crippen molar-refractivity contribution in [2.75, 3.05) is 9.91 Å². The molecule has 0 spiro atoms. The predicted octanol–water partition coefficient (Wildman–Crippen LogP) is 6.09. The summed E-state index contributed by atoms with van der Waals surface area (Å²) in [5.41, 5.74) is 4.93. The Labute approximate surface area is 222 Å². The number of hydrazine groups is 1. The van der Waals surface area contributed by atoms with Crippen LogP contribution in [0.1, 0.15) is 29.5 Å². The summed E-state index contributed by atoms with van der Waals surface area (Å²) in [7, 11) is 0. The number of rotatable bonds is 4. The number of anilines is 2. The lowest BCUT2D eigenvalue weighted by atomic mass is 9.79. The molecule has 0 radical (unpaired) electrons. The summed E-state index contributed by atoms with van der Waals surface area (Å²) >= 11 is 0. The lowest BCUT2D eigenvalue weighted by Crippen LogP contribution is -2.53. The van der Waals surface area contributed by atoms with Crippen molar-refractivity contribution in [3.8, 4) is 0 Å². The third-order valence-corrected chi connectivity index (χ3v) is 7.97. The van der Waals surface area contributed by atoms with Crippen LogP contribution in [0.4, 0.5) is 11.4 Å². The Morgan fingerprint density at radius 2 is 1.08 bits per heavy atom. The van der Waals surface area contributed by atoms with E-state index in [9.17, 15) is 9.59 Å². The number of nitrogens with zero attached hydrogens (tertiary/aromatic N) is 3. The van der Waals surface area contributed by atoms with E-state index in [2.05, 4.69) is 64.6 Å². The summed E-state index contributed by atoms with van der Waals surface area (Å²) in [5.74, 6) is -1.04. The van der Waals surface area contributed by atoms with Crippen molar-refractivity contribution in [1.29, 1.82) is 0 Å². The molecule has 0 N–H and O–H groups in total. The third kappa shape index (κ3) is 3.46. The zero-order valence-electron chi connectivity index (χ0n) is 20.8. The first-order chi connectivity index (χ1) is 18.7. The molecule has 3 aliphatic rings. The molecule has 0 aromatic heterocycles. The van der Waals surface area contributed by atoms with Crippen LogP contribution in [0.15, 0.2) is 133 Å². The minimum atomic E-state index is -0.637. The highest BCUT2D eigenvalue weighted by atomic mass is 16.2. The Balaban J connectivity index is 1.42. The number of fused-ring (bicyclic) bond motifs is 3. The fraction of sp³-hybridized carbons (Fsp3) is 0.152. The number of benzene rings is 4. The van der Waals surface area contributed by atoms with Gasteiger partial charge in [0.15, 0.2) is 0 Å². The van der Waals surface area contributed by atoms with Crippen molar-refractivity contribution in [3.63, 3.8) is 0 Å². The lowest BCUT2D eigenvalue weighted by Gasteiger charge is -2.43. The van der Waals surface area contributed by atoms with E-state index in [0.717, 1.165) is 23.4 Å². The number of hydrogen-bond acceptors (Lipinski definition) is 4. The average molecular weight is 498 g/mol. The van der Waals surface area contributed by atoms with E-state index in [1.807, 2.05) is 72.8 Å². The van der Waals surface area contributed by atoms with Gasteiger partial charge >= 0.3 is 0 Å². The molecule has 0 bridgehead atoms. The molecule has 5 nitrogen and oxygen atoms in total. The molecule has 2 fully saturated rings. The van der Waals surface area contributed by atoms with Crippen molar-refractivity contribution in [2.24, 2.45) is 5.92 Å². The van der Waals surface area contributed by atoms with Crippen molar-refractivity contribution in [2.45, 2.75) is 24.4 Å². The molecular weight excluding hydrogens is 470 g/mol.